The smallest absolute Gasteiger partial charge is 0.195 e. The third-order valence-corrected chi connectivity index (χ3v) is 10.9. The van der Waals surface area contributed by atoms with Gasteiger partial charge in [0, 0.05) is 45.8 Å². The van der Waals surface area contributed by atoms with Crippen LogP contribution in [0, 0.1) is 0 Å². The molecule has 2 aliphatic heterocycles. The van der Waals surface area contributed by atoms with E-state index in [0.717, 1.165) is 12.8 Å². The fourth-order valence-corrected chi connectivity index (χ4v) is 9.00. The summed E-state index contributed by atoms with van der Waals surface area (Å²) in [5.74, 6) is 0.913. The Hall–Kier alpha value is -3.56. The van der Waals surface area contributed by atoms with Crippen molar-refractivity contribution in [2.45, 2.75) is 70.3 Å². The maximum absolute atomic E-state index is 2.58. The average molecular weight is 541 g/mol. The second kappa shape index (κ2) is 9.52. The monoisotopic (exact) mass is 540 g/mol. The summed E-state index contributed by atoms with van der Waals surface area (Å²) in [6, 6.07) is 25.9. The van der Waals surface area contributed by atoms with Crippen molar-refractivity contribution in [3.05, 3.63) is 112 Å². The van der Waals surface area contributed by atoms with Crippen molar-refractivity contribution in [2.24, 2.45) is 0 Å². The van der Waals surface area contributed by atoms with E-state index in [1.165, 1.54) is 75.0 Å². The average Bonchev–Trinajstić information content (AvgIpc) is 3.37. The highest BCUT2D eigenvalue weighted by Crippen LogP contribution is 2.46. The molecule has 8 rings (SSSR count). The predicted molar refractivity (Wildman–Crippen MR) is 166 cm³/mol. The van der Waals surface area contributed by atoms with Gasteiger partial charge in [0.25, 0.3) is 0 Å². The van der Waals surface area contributed by atoms with Gasteiger partial charge in [0.1, 0.15) is 0 Å². The van der Waals surface area contributed by atoms with Crippen LogP contribution in [0.25, 0.3) is 38.8 Å². The van der Waals surface area contributed by atoms with Gasteiger partial charge in [-0.3, -0.25) is 0 Å². The van der Waals surface area contributed by atoms with E-state index >= 15 is 0 Å². The number of benzene rings is 2. The summed E-state index contributed by atoms with van der Waals surface area (Å²) < 4.78 is 6.48. The minimum absolute atomic E-state index is 0.362. The summed E-state index contributed by atoms with van der Waals surface area (Å²) in [7, 11) is 0. The molecule has 0 radical (unpaired) electrons. The van der Waals surface area contributed by atoms with Gasteiger partial charge in [-0.05, 0) is 83.9 Å². The Morgan fingerprint density at radius 3 is 2.67 bits per heavy atom. The van der Waals surface area contributed by atoms with Gasteiger partial charge in [-0.15, -0.1) is 11.3 Å². The quantitative estimate of drug-likeness (QED) is 0.188. The summed E-state index contributed by atoms with van der Waals surface area (Å²) in [6.45, 7) is 4.62. The number of aryl methyl sites for hydroxylation is 2. The summed E-state index contributed by atoms with van der Waals surface area (Å²) in [5, 5.41) is 1.50. The van der Waals surface area contributed by atoms with Gasteiger partial charge in [0.2, 0.25) is 11.4 Å². The number of aromatic nitrogens is 2. The molecule has 5 heterocycles. The number of rotatable bonds is 1. The fourth-order valence-electron chi connectivity index (χ4n) is 7.53. The highest BCUT2D eigenvalue weighted by atomic mass is 32.1. The molecule has 2 unspecified atom stereocenters. The third-order valence-electron chi connectivity index (χ3n) is 9.58. The number of fused-ring (bicyclic) bond motifs is 13. The summed E-state index contributed by atoms with van der Waals surface area (Å²) in [6.07, 6.45) is 16.5. The zero-order valence-corrected chi connectivity index (χ0v) is 24.3. The fraction of sp³-hybridized carbons (Fsp3) is 0.297. The van der Waals surface area contributed by atoms with E-state index in [1.54, 1.807) is 10.4 Å². The van der Waals surface area contributed by atoms with Crippen molar-refractivity contribution in [1.29, 1.82) is 0 Å². The van der Waals surface area contributed by atoms with E-state index in [4.69, 9.17) is 0 Å². The molecule has 0 saturated heterocycles. The van der Waals surface area contributed by atoms with Crippen LogP contribution in [0.4, 0.5) is 0 Å². The Kier molecular flexibility index (Phi) is 5.77. The molecule has 2 nitrogen and oxygen atoms in total. The van der Waals surface area contributed by atoms with E-state index in [1.807, 2.05) is 0 Å². The summed E-state index contributed by atoms with van der Waals surface area (Å²) in [4.78, 5) is 1.62. The SMILES string of the molecule is CC(C)c1cc[n+]2c(c1)-c1c(ccc3c4c(sc13)CCCC4)CC1C(C/C=C/2)c2ccccc2-c2cccc[n+]21. The van der Waals surface area contributed by atoms with Gasteiger partial charge in [-0.1, -0.05) is 44.2 Å². The Labute approximate surface area is 241 Å². The molecule has 3 aliphatic rings. The first kappa shape index (κ1) is 24.3. The standard InChI is InChI=1S/C37H36N2S/c1-24(2)25-18-21-38-19-9-13-29-27-10-3-4-11-28(27)32-14-7-8-20-39(32)33(29)23-26-16-17-31-30-12-5-6-15-35(30)40-37(31)36(26)34(38)22-25/h3-4,7-11,14,16-22,24,29,33H,5-6,12-13,15,23H2,1-2H3/q+2/b19-9+. The van der Waals surface area contributed by atoms with Gasteiger partial charge in [-0.25, -0.2) is 0 Å². The van der Waals surface area contributed by atoms with Crippen molar-refractivity contribution in [1.82, 2.24) is 0 Å². The van der Waals surface area contributed by atoms with E-state index in [-0.39, 0.29) is 0 Å². The van der Waals surface area contributed by atoms with E-state index in [0.29, 0.717) is 17.9 Å². The van der Waals surface area contributed by atoms with Crippen molar-refractivity contribution in [3.8, 4) is 22.5 Å². The van der Waals surface area contributed by atoms with Crippen LogP contribution in [0.3, 0.4) is 0 Å². The first-order valence-corrected chi connectivity index (χ1v) is 15.9. The van der Waals surface area contributed by atoms with Crippen LogP contribution in [0.2, 0.25) is 0 Å². The lowest BCUT2D eigenvalue weighted by molar-refractivity contribution is -0.718. The van der Waals surface area contributed by atoms with Gasteiger partial charge < -0.3 is 0 Å². The molecule has 0 fully saturated rings. The second-order valence-corrected chi connectivity index (χ2v) is 13.3. The van der Waals surface area contributed by atoms with Gasteiger partial charge in [-0.2, -0.15) is 9.13 Å². The summed E-state index contributed by atoms with van der Waals surface area (Å²) >= 11 is 2.08. The van der Waals surface area contributed by atoms with Crippen LogP contribution in [0.15, 0.2) is 85.2 Å². The lowest BCUT2D eigenvalue weighted by Gasteiger charge is -2.30. The molecular weight excluding hydrogens is 504 g/mol. The van der Waals surface area contributed by atoms with Crippen LogP contribution in [-0.2, 0) is 19.3 Å². The number of hydrogen-bond acceptors (Lipinski definition) is 1. The molecular formula is C37H36N2S+2. The van der Waals surface area contributed by atoms with Gasteiger partial charge >= 0.3 is 0 Å². The lowest BCUT2D eigenvalue weighted by Crippen LogP contribution is -2.48. The zero-order chi connectivity index (χ0) is 26.8. The maximum atomic E-state index is 2.58. The van der Waals surface area contributed by atoms with Crippen LogP contribution >= 0.6 is 11.3 Å². The number of nitrogens with zero attached hydrogens (tertiary/aromatic N) is 2. The molecule has 0 amide bonds. The Bertz CT molecular complexity index is 1810. The van der Waals surface area contributed by atoms with E-state index in [2.05, 4.69) is 126 Å². The zero-order valence-electron chi connectivity index (χ0n) is 23.4. The first-order valence-electron chi connectivity index (χ1n) is 15.0. The number of thiophene rings is 1. The van der Waals surface area contributed by atoms with Crippen LogP contribution in [0.1, 0.15) is 78.1 Å². The minimum Gasteiger partial charge on any atom is -0.195 e. The first-order chi connectivity index (χ1) is 19.7. The van der Waals surface area contributed by atoms with Crippen LogP contribution < -0.4 is 9.13 Å². The lowest BCUT2D eigenvalue weighted by atomic mass is 9.78. The molecule has 198 valence electrons. The highest BCUT2D eigenvalue weighted by molar-refractivity contribution is 7.19. The number of pyridine rings is 2. The van der Waals surface area contributed by atoms with E-state index in [9.17, 15) is 0 Å². The van der Waals surface area contributed by atoms with Gasteiger partial charge in [0.05, 0.1) is 11.5 Å². The molecule has 5 aromatic rings. The molecule has 0 bridgehead atoms. The normalized spacial score (nSPS) is 20.1. The molecule has 0 saturated carbocycles. The highest BCUT2D eigenvalue weighted by Gasteiger charge is 2.40. The Morgan fingerprint density at radius 1 is 0.875 bits per heavy atom. The number of allylic oxidation sites excluding steroid dienone is 1. The van der Waals surface area contributed by atoms with Gasteiger partial charge in [0.15, 0.2) is 24.6 Å². The summed E-state index contributed by atoms with van der Waals surface area (Å²) in [5.41, 5.74) is 11.5. The minimum atomic E-state index is 0.362. The molecule has 2 aromatic carbocycles. The van der Waals surface area contributed by atoms with Crippen molar-refractivity contribution in [2.75, 3.05) is 0 Å². The van der Waals surface area contributed by atoms with Crippen LogP contribution in [0.5, 0.6) is 0 Å². The topological polar surface area (TPSA) is 7.76 Å². The molecule has 0 N–H and O–H groups in total. The van der Waals surface area contributed by atoms with E-state index < -0.39 is 0 Å². The van der Waals surface area contributed by atoms with Crippen molar-refractivity contribution >= 4 is 27.6 Å². The third kappa shape index (κ3) is 3.74. The maximum Gasteiger partial charge on any atom is 0.219 e. The molecule has 1 aliphatic carbocycles. The molecule has 3 heteroatoms. The molecule has 3 aromatic heterocycles. The molecule has 2 atom stereocenters. The molecule has 0 spiro atoms. The van der Waals surface area contributed by atoms with Crippen molar-refractivity contribution < 1.29 is 9.13 Å². The number of hydrogen-bond donors (Lipinski definition) is 0. The molecule has 40 heavy (non-hydrogen) atoms. The van der Waals surface area contributed by atoms with Crippen molar-refractivity contribution in [3.63, 3.8) is 0 Å². The van der Waals surface area contributed by atoms with Crippen LogP contribution in [-0.4, -0.2) is 0 Å². The largest absolute Gasteiger partial charge is 0.219 e. The Balaban J connectivity index is 1.42. The Morgan fingerprint density at radius 2 is 1.75 bits per heavy atom. The second-order valence-electron chi connectivity index (χ2n) is 12.2. The predicted octanol–water partition coefficient (Wildman–Crippen LogP) is 8.57.